The number of para-hydroxylation sites is 1. The number of nitrogens with zero attached hydrogens (tertiary/aromatic N) is 1. The molecule has 0 amide bonds. The number of rotatable bonds is 5. The molecule has 1 N–H and O–H groups in total. The monoisotopic (exact) mass is 351 g/mol. The van der Waals surface area contributed by atoms with E-state index >= 15 is 0 Å². The number of hydrogen-bond donors (Lipinski definition) is 1. The molecule has 0 unspecified atom stereocenters. The number of carbonyl (C=O) groups is 1. The Hall–Kier alpha value is -3.08. The van der Waals surface area contributed by atoms with Crippen LogP contribution < -0.4 is 10.1 Å². The topological polar surface area (TPSA) is 72.0 Å². The molecule has 0 bridgehead atoms. The van der Waals surface area contributed by atoms with E-state index < -0.39 is 12.0 Å². The minimum Gasteiger partial charge on any atom is -0.497 e. The molecule has 1 atom stereocenters. The molecular formula is C21H21NO4. The van der Waals surface area contributed by atoms with Crippen LogP contribution in [0.25, 0.3) is 22.3 Å². The van der Waals surface area contributed by atoms with Gasteiger partial charge in [-0.1, -0.05) is 26.0 Å². The minimum absolute atomic E-state index is 0.118. The summed E-state index contributed by atoms with van der Waals surface area (Å²) in [6.07, 6.45) is 0. The summed E-state index contributed by atoms with van der Waals surface area (Å²) in [5.74, 6) is 0.326. The molecule has 3 aromatic rings. The Balaban J connectivity index is 2.22. The highest BCUT2D eigenvalue weighted by atomic mass is 16.5. The summed E-state index contributed by atoms with van der Waals surface area (Å²) in [4.78, 5) is 16.1. The smallest absolute Gasteiger partial charge is 0.328 e. The molecule has 1 heterocycles. The predicted molar refractivity (Wildman–Crippen MR) is 100 cm³/mol. The molecule has 0 radical (unpaired) electrons. The van der Waals surface area contributed by atoms with Gasteiger partial charge < -0.3 is 14.3 Å². The van der Waals surface area contributed by atoms with Crippen LogP contribution in [0.1, 0.15) is 13.8 Å². The van der Waals surface area contributed by atoms with E-state index in [4.69, 9.17) is 9.15 Å². The van der Waals surface area contributed by atoms with Crippen molar-refractivity contribution in [1.82, 2.24) is 0 Å². The van der Waals surface area contributed by atoms with Crippen molar-refractivity contribution < 1.29 is 19.1 Å². The average molecular weight is 351 g/mol. The Morgan fingerprint density at radius 3 is 2.42 bits per heavy atom. The molecule has 0 aliphatic carbocycles. The van der Waals surface area contributed by atoms with Crippen LogP contribution in [-0.2, 0) is 4.79 Å². The Bertz CT molecular complexity index is 987. The first-order valence-corrected chi connectivity index (χ1v) is 8.43. The predicted octanol–water partition coefficient (Wildman–Crippen LogP) is 4.12. The molecule has 0 aliphatic heterocycles. The second kappa shape index (κ2) is 7.44. The number of carboxylic acids is 1. The first-order valence-electron chi connectivity index (χ1n) is 8.43. The Morgan fingerprint density at radius 2 is 1.81 bits per heavy atom. The highest BCUT2D eigenvalue weighted by Gasteiger charge is 2.20. The van der Waals surface area contributed by atoms with Crippen molar-refractivity contribution in [3.05, 3.63) is 60.0 Å². The Labute approximate surface area is 151 Å². The van der Waals surface area contributed by atoms with Crippen LogP contribution in [0.15, 0.2) is 64.0 Å². The van der Waals surface area contributed by atoms with Gasteiger partial charge in [0.1, 0.15) is 23.1 Å². The van der Waals surface area contributed by atoms with Crippen molar-refractivity contribution >= 4 is 16.9 Å². The summed E-state index contributed by atoms with van der Waals surface area (Å²) in [5.41, 5.74) is 1.52. The van der Waals surface area contributed by atoms with Crippen molar-refractivity contribution in [3.63, 3.8) is 0 Å². The van der Waals surface area contributed by atoms with Crippen LogP contribution in [0.5, 0.6) is 5.75 Å². The van der Waals surface area contributed by atoms with Gasteiger partial charge in [0.05, 0.1) is 12.5 Å². The van der Waals surface area contributed by atoms with Gasteiger partial charge in [-0.25, -0.2) is 4.79 Å². The van der Waals surface area contributed by atoms with E-state index in [0.29, 0.717) is 16.7 Å². The summed E-state index contributed by atoms with van der Waals surface area (Å²) in [5, 5.41) is 10.9. The van der Waals surface area contributed by atoms with E-state index in [1.807, 2.05) is 62.4 Å². The van der Waals surface area contributed by atoms with Crippen molar-refractivity contribution in [2.45, 2.75) is 19.9 Å². The third-order valence-electron chi connectivity index (χ3n) is 4.19. The Morgan fingerprint density at radius 1 is 1.12 bits per heavy atom. The normalized spacial score (nSPS) is 13.2. The van der Waals surface area contributed by atoms with Gasteiger partial charge in [-0.3, -0.25) is 4.99 Å². The third kappa shape index (κ3) is 3.61. The molecular weight excluding hydrogens is 330 g/mol. The van der Waals surface area contributed by atoms with E-state index in [1.54, 1.807) is 13.2 Å². The molecule has 2 aromatic carbocycles. The van der Waals surface area contributed by atoms with Gasteiger partial charge in [-0.2, -0.15) is 0 Å². The fourth-order valence-corrected chi connectivity index (χ4v) is 2.76. The van der Waals surface area contributed by atoms with Crippen LogP contribution >= 0.6 is 0 Å². The zero-order chi connectivity index (χ0) is 18.7. The standard InChI is InChI=1S/C21H21NO4/c1-13(2)20(21(23)24)22-17-12-19(14-8-10-15(25-3)11-9-14)26-18-7-5-4-6-16(17)18/h4-13,20H,1-3H3,(H,23,24)/t20-/m0/s1. The number of fused-ring (bicyclic) bond motifs is 1. The SMILES string of the molecule is COc1ccc(-c2cc(=N[C@H](C(=O)O)C(C)C)c3ccccc3o2)cc1. The van der Waals surface area contributed by atoms with E-state index in [2.05, 4.69) is 4.99 Å². The second-order valence-electron chi connectivity index (χ2n) is 6.38. The minimum atomic E-state index is -0.934. The number of ether oxygens (including phenoxy) is 1. The van der Waals surface area contributed by atoms with E-state index in [1.165, 1.54) is 0 Å². The summed E-state index contributed by atoms with van der Waals surface area (Å²) < 4.78 is 11.2. The lowest BCUT2D eigenvalue weighted by atomic mass is 10.1. The maximum absolute atomic E-state index is 11.6. The summed E-state index contributed by atoms with van der Waals surface area (Å²) in [7, 11) is 1.62. The zero-order valence-corrected chi connectivity index (χ0v) is 15.0. The maximum atomic E-state index is 11.6. The molecule has 0 fully saturated rings. The third-order valence-corrected chi connectivity index (χ3v) is 4.19. The number of benzene rings is 2. The first kappa shape index (κ1) is 17.7. The second-order valence-corrected chi connectivity index (χ2v) is 6.38. The number of methoxy groups -OCH3 is 1. The Kier molecular flexibility index (Phi) is 5.07. The fourth-order valence-electron chi connectivity index (χ4n) is 2.76. The van der Waals surface area contributed by atoms with Crippen LogP contribution in [0, 0.1) is 5.92 Å². The molecule has 0 saturated heterocycles. The van der Waals surface area contributed by atoms with Crippen LogP contribution in [-0.4, -0.2) is 24.2 Å². The number of aliphatic carboxylic acids is 1. The first-order chi connectivity index (χ1) is 12.5. The lowest BCUT2D eigenvalue weighted by Gasteiger charge is -2.12. The fraction of sp³-hybridized carbons (Fsp3) is 0.238. The molecule has 5 heteroatoms. The van der Waals surface area contributed by atoms with Gasteiger partial charge in [0, 0.05) is 17.0 Å². The van der Waals surface area contributed by atoms with E-state index in [0.717, 1.165) is 16.7 Å². The molecule has 26 heavy (non-hydrogen) atoms. The van der Waals surface area contributed by atoms with Gasteiger partial charge >= 0.3 is 5.97 Å². The summed E-state index contributed by atoms with van der Waals surface area (Å²) >= 11 is 0. The van der Waals surface area contributed by atoms with Crippen LogP contribution in [0.3, 0.4) is 0 Å². The highest BCUT2D eigenvalue weighted by molar-refractivity contribution is 5.79. The lowest BCUT2D eigenvalue weighted by molar-refractivity contribution is -0.139. The van der Waals surface area contributed by atoms with E-state index in [-0.39, 0.29) is 5.92 Å². The molecule has 5 nitrogen and oxygen atoms in total. The highest BCUT2D eigenvalue weighted by Crippen LogP contribution is 2.24. The number of carboxylic acid groups (broad SMARTS) is 1. The maximum Gasteiger partial charge on any atom is 0.328 e. The van der Waals surface area contributed by atoms with Gasteiger partial charge in [-0.05, 0) is 42.3 Å². The molecule has 0 aliphatic rings. The van der Waals surface area contributed by atoms with E-state index in [9.17, 15) is 9.90 Å². The van der Waals surface area contributed by atoms with Crippen molar-refractivity contribution in [1.29, 1.82) is 0 Å². The largest absolute Gasteiger partial charge is 0.497 e. The lowest BCUT2D eigenvalue weighted by Crippen LogP contribution is -2.26. The van der Waals surface area contributed by atoms with Gasteiger partial charge in [-0.15, -0.1) is 0 Å². The van der Waals surface area contributed by atoms with Crippen molar-refractivity contribution in [2.75, 3.05) is 7.11 Å². The van der Waals surface area contributed by atoms with Gasteiger partial charge in [0.15, 0.2) is 0 Å². The number of hydrogen-bond acceptors (Lipinski definition) is 4. The molecule has 0 spiro atoms. The zero-order valence-electron chi connectivity index (χ0n) is 15.0. The van der Waals surface area contributed by atoms with Crippen molar-refractivity contribution in [3.8, 4) is 17.1 Å². The van der Waals surface area contributed by atoms with Crippen molar-refractivity contribution in [2.24, 2.45) is 10.9 Å². The van der Waals surface area contributed by atoms with Gasteiger partial charge in [0.25, 0.3) is 0 Å². The molecule has 134 valence electrons. The van der Waals surface area contributed by atoms with Crippen LogP contribution in [0.4, 0.5) is 0 Å². The molecule has 0 saturated carbocycles. The average Bonchev–Trinajstić information content (AvgIpc) is 2.65. The molecule has 3 rings (SSSR count). The van der Waals surface area contributed by atoms with Gasteiger partial charge in [0.2, 0.25) is 0 Å². The van der Waals surface area contributed by atoms with Crippen LogP contribution in [0.2, 0.25) is 0 Å². The summed E-state index contributed by atoms with van der Waals surface area (Å²) in [6.45, 7) is 3.70. The summed E-state index contributed by atoms with van der Waals surface area (Å²) in [6, 6.07) is 16.0. The molecule has 1 aromatic heterocycles. The quantitative estimate of drug-likeness (QED) is 0.750.